The molecule has 0 radical (unpaired) electrons. The highest BCUT2D eigenvalue weighted by Gasteiger charge is 2.11. The fourth-order valence-corrected chi connectivity index (χ4v) is 2.54. The van der Waals surface area contributed by atoms with Crippen molar-refractivity contribution in [1.82, 2.24) is 10.2 Å². The summed E-state index contributed by atoms with van der Waals surface area (Å²) in [6.45, 7) is 8.15. The van der Waals surface area contributed by atoms with Gasteiger partial charge in [0, 0.05) is 23.1 Å². The predicted octanol–water partition coefficient (Wildman–Crippen LogP) is 2.96. The first kappa shape index (κ1) is 16.7. The lowest BCUT2D eigenvalue weighted by Gasteiger charge is -2.22. The van der Waals surface area contributed by atoms with Crippen LogP contribution in [0, 0.1) is 0 Å². The number of hydrogen-bond donors (Lipinski definition) is 2. The van der Waals surface area contributed by atoms with Gasteiger partial charge in [0.15, 0.2) is 0 Å². The van der Waals surface area contributed by atoms with Crippen molar-refractivity contribution in [2.45, 2.75) is 19.9 Å². The molecule has 0 spiro atoms. The van der Waals surface area contributed by atoms with Gasteiger partial charge < -0.3 is 15.3 Å². The van der Waals surface area contributed by atoms with E-state index in [0.29, 0.717) is 10.0 Å². The van der Waals surface area contributed by atoms with Crippen LogP contribution in [0.4, 0.5) is 0 Å². The molecule has 0 aliphatic rings. The molecule has 2 N–H and O–H groups in total. The lowest BCUT2D eigenvalue weighted by Crippen LogP contribution is -2.34. The highest BCUT2D eigenvalue weighted by Crippen LogP contribution is 2.23. The van der Waals surface area contributed by atoms with E-state index in [9.17, 15) is 5.11 Å². The van der Waals surface area contributed by atoms with Gasteiger partial charge >= 0.3 is 0 Å². The van der Waals surface area contributed by atoms with E-state index < -0.39 is 0 Å². The molecule has 19 heavy (non-hydrogen) atoms. The van der Waals surface area contributed by atoms with E-state index in [1.54, 1.807) is 6.07 Å². The van der Waals surface area contributed by atoms with Gasteiger partial charge in [0.1, 0.15) is 0 Å². The van der Waals surface area contributed by atoms with Gasteiger partial charge in [0.25, 0.3) is 0 Å². The first-order chi connectivity index (χ1) is 9.10. The maximum atomic E-state index is 9.48. The molecule has 0 amide bonds. The zero-order chi connectivity index (χ0) is 14.3. The smallest absolute Gasteiger partial charge is 0.0626 e. The fourth-order valence-electron chi connectivity index (χ4n) is 2.00. The van der Waals surface area contributed by atoms with Crippen molar-refractivity contribution in [3.05, 3.63) is 33.8 Å². The lowest BCUT2D eigenvalue weighted by atomic mass is 10.1. The van der Waals surface area contributed by atoms with Crippen molar-refractivity contribution in [2.24, 2.45) is 0 Å². The molecule has 5 heteroatoms. The van der Waals surface area contributed by atoms with Gasteiger partial charge in [0.05, 0.1) is 12.6 Å². The number of likely N-dealkylation sites (N-methyl/N-ethyl adjacent to an activating group) is 1. The summed E-state index contributed by atoms with van der Waals surface area (Å²) in [7, 11) is 0. The van der Waals surface area contributed by atoms with Crippen LogP contribution in [0.1, 0.15) is 25.5 Å². The van der Waals surface area contributed by atoms with Crippen LogP contribution in [0.15, 0.2) is 18.2 Å². The van der Waals surface area contributed by atoms with Crippen molar-refractivity contribution in [3.63, 3.8) is 0 Å². The van der Waals surface area contributed by atoms with Crippen LogP contribution in [0.2, 0.25) is 10.0 Å². The highest BCUT2D eigenvalue weighted by atomic mass is 35.5. The Morgan fingerprint density at radius 1 is 1.16 bits per heavy atom. The molecule has 0 fully saturated rings. The van der Waals surface area contributed by atoms with E-state index in [1.807, 2.05) is 12.1 Å². The maximum Gasteiger partial charge on any atom is 0.0626 e. The normalized spacial score (nSPS) is 12.9. The number of aliphatic hydroxyl groups is 1. The Hall–Kier alpha value is -0.320. The fraction of sp³-hybridized carbons (Fsp3) is 0.571. The molecular formula is C14H22Cl2N2O. The van der Waals surface area contributed by atoms with Gasteiger partial charge in [-0.05, 0) is 36.9 Å². The average Bonchev–Trinajstić information content (AvgIpc) is 2.38. The molecule has 1 rings (SSSR count). The standard InChI is InChI=1S/C14H22Cl2N2O/c1-3-18(4-2)6-5-17-14(10-19)11-7-12(15)9-13(16)8-11/h7-9,14,17,19H,3-6,10H2,1-2H3. The van der Waals surface area contributed by atoms with Crippen molar-refractivity contribution >= 4 is 23.2 Å². The van der Waals surface area contributed by atoms with Crippen LogP contribution in [0.25, 0.3) is 0 Å². The number of halogens is 2. The quantitative estimate of drug-likeness (QED) is 0.775. The van der Waals surface area contributed by atoms with Crippen LogP contribution in [0.3, 0.4) is 0 Å². The maximum absolute atomic E-state index is 9.48. The van der Waals surface area contributed by atoms with E-state index in [0.717, 1.165) is 31.7 Å². The number of hydrogen-bond acceptors (Lipinski definition) is 3. The molecule has 0 aliphatic heterocycles. The Labute approximate surface area is 125 Å². The van der Waals surface area contributed by atoms with Crippen LogP contribution in [-0.4, -0.2) is 42.8 Å². The third-order valence-electron chi connectivity index (χ3n) is 3.18. The third-order valence-corrected chi connectivity index (χ3v) is 3.62. The average molecular weight is 305 g/mol. The second-order valence-corrected chi connectivity index (χ2v) is 5.29. The van der Waals surface area contributed by atoms with E-state index in [4.69, 9.17) is 23.2 Å². The van der Waals surface area contributed by atoms with E-state index >= 15 is 0 Å². The number of rotatable bonds is 8. The summed E-state index contributed by atoms with van der Waals surface area (Å²) in [4.78, 5) is 2.33. The summed E-state index contributed by atoms with van der Waals surface area (Å²) in [6.07, 6.45) is 0. The highest BCUT2D eigenvalue weighted by molar-refractivity contribution is 6.34. The van der Waals surface area contributed by atoms with Gasteiger partial charge in [-0.1, -0.05) is 37.0 Å². The first-order valence-corrected chi connectivity index (χ1v) is 7.38. The summed E-state index contributed by atoms with van der Waals surface area (Å²) in [6, 6.07) is 5.22. The van der Waals surface area contributed by atoms with Crippen molar-refractivity contribution in [1.29, 1.82) is 0 Å². The zero-order valence-corrected chi connectivity index (χ0v) is 13.0. The van der Waals surface area contributed by atoms with Crippen LogP contribution in [-0.2, 0) is 0 Å². The number of aliphatic hydroxyl groups excluding tert-OH is 1. The van der Waals surface area contributed by atoms with Gasteiger partial charge in [0.2, 0.25) is 0 Å². The molecule has 1 aromatic carbocycles. The van der Waals surface area contributed by atoms with Gasteiger partial charge in [-0.2, -0.15) is 0 Å². The molecule has 0 aromatic heterocycles. The summed E-state index contributed by atoms with van der Waals surface area (Å²) >= 11 is 12.0. The Morgan fingerprint density at radius 2 is 1.74 bits per heavy atom. The lowest BCUT2D eigenvalue weighted by molar-refractivity contribution is 0.233. The second-order valence-electron chi connectivity index (χ2n) is 4.42. The number of nitrogens with one attached hydrogen (secondary N) is 1. The molecule has 1 atom stereocenters. The van der Waals surface area contributed by atoms with E-state index in [1.165, 1.54) is 0 Å². The number of nitrogens with zero attached hydrogens (tertiary/aromatic N) is 1. The molecule has 0 bridgehead atoms. The Morgan fingerprint density at radius 3 is 2.21 bits per heavy atom. The molecule has 3 nitrogen and oxygen atoms in total. The minimum absolute atomic E-state index is 0.0227. The van der Waals surface area contributed by atoms with E-state index in [2.05, 4.69) is 24.1 Å². The molecule has 0 heterocycles. The molecule has 0 saturated heterocycles. The van der Waals surface area contributed by atoms with E-state index in [-0.39, 0.29) is 12.6 Å². The molecule has 0 saturated carbocycles. The summed E-state index contributed by atoms with van der Waals surface area (Å²) in [5.74, 6) is 0. The molecule has 1 aromatic rings. The molecule has 108 valence electrons. The monoisotopic (exact) mass is 304 g/mol. The Balaban J connectivity index is 2.58. The molecule has 0 aliphatic carbocycles. The van der Waals surface area contributed by atoms with Crippen molar-refractivity contribution in [2.75, 3.05) is 32.8 Å². The predicted molar refractivity (Wildman–Crippen MR) is 82.1 cm³/mol. The van der Waals surface area contributed by atoms with Crippen molar-refractivity contribution in [3.8, 4) is 0 Å². The summed E-state index contributed by atoms with van der Waals surface area (Å²) in [5.41, 5.74) is 0.916. The third kappa shape index (κ3) is 5.67. The Bertz CT molecular complexity index is 363. The van der Waals surface area contributed by atoms with Crippen LogP contribution < -0.4 is 5.32 Å². The van der Waals surface area contributed by atoms with Crippen LogP contribution >= 0.6 is 23.2 Å². The molecular weight excluding hydrogens is 283 g/mol. The SMILES string of the molecule is CCN(CC)CCNC(CO)c1cc(Cl)cc(Cl)c1. The Kier molecular flexibility index (Phi) is 7.73. The van der Waals surface area contributed by atoms with Gasteiger partial charge in [-0.3, -0.25) is 0 Å². The topological polar surface area (TPSA) is 35.5 Å². The zero-order valence-electron chi connectivity index (χ0n) is 11.5. The summed E-state index contributed by atoms with van der Waals surface area (Å²) in [5, 5.41) is 14.0. The van der Waals surface area contributed by atoms with Gasteiger partial charge in [-0.15, -0.1) is 0 Å². The first-order valence-electron chi connectivity index (χ1n) is 6.63. The molecule has 1 unspecified atom stereocenters. The minimum Gasteiger partial charge on any atom is -0.394 e. The number of benzene rings is 1. The summed E-state index contributed by atoms with van der Waals surface area (Å²) < 4.78 is 0. The minimum atomic E-state index is -0.133. The van der Waals surface area contributed by atoms with Gasteiger partial charge in [-0.25, -0.2) is 0 Å². The largest absolute Gasteiger partial charge is 0.394 e. The second kappa shape index (κ2) is 8.77. The van der Waals surface area contributed by atoms with Crippen LogP contribution in [0.5, 0.6) is 0 Å². The van der Waals surface area contributed by atoms with Crippen molar-refractivity contribution < 1.29 is 5.11 Å².